The topological polar surface area (TPSA) is 60.2 Å². The molecule has 0 saturated carbocycles. The summed E-state index contributed by atoms with van der Waals surface area (Å²) in [6.07, 6.45) is 1.11. The third-order valence-corrected chi connectivity index (χ3v) is 5.24. The fraction of sp³-hybridized carbons (Fsp3) is 0.562. The molecule has 2 rings (SSSR count). The molecule has 0 amide bonds. The van der Waals surface area contributed by atoms with Gasteiger partial charge in [-0.3, -0.25) is 0 Å². The highest BCUT2D eigenvalue weighted by Gasteiger charge is 2.42. The van der Waals surface area contributed by atoms with Crippen molar-refractivity contribution in [2.45, 2.75) is 46.0 Å². The molecule has 0 atom stereocenters. The van der Waals surface area contributed by atoms with E-state index in [0.717, 1.165) is 6.54 Å². The van der Waals surface area contributed by atoms with Crippen molar-refractivity contribution in [3.05, 3.63) is 29.3 Å². The standard InChI is InChI=1S/C16H23NO3S/c1-12-7-8-15-14(11-12)16(3,4)13(2)17(15)9-5-6-10-21(18,19)20/h7-8,11H,5-6,9-10H2,1-4H3. The van der Waals surface area contributed by atoms with E-state index in [0.29, 0.717) is 12.8 Å². The van der Waals surface area contributed by atoms with Crippen molar-refractivity contribution >= 4 is 21.5 Å². The number of fused-ring (bicyclic) bond motifs is 1. The van der Waals surface area contributed by atoms with Gasteiger partial charge in [-0.25, -0.2) is 8.42 Å². The van der Waals surface area contributed by atoms with Crippen molar-refractivity contribution in [1.82, 2.24) is 0 Å². The third kappa shape index (κ3) is 3.35. The van der Waals surface area contributed by atoms with Crippen LogP contribution in [0.2, 0.25) is 0 Å². The predicted octanol–water partition coefficient (Wildman–Crippen LogP) is 2.72. The number of rotatable bonds is 5. The predicted molar refractivity (Wildman–Crippen MR) is 83.5 cm³/mol. The molecule has 1 aliphatic heterocycles. The Morgan fingerprint density at radius 2 is 1.86 bits per heavy atom. The van der Waals surface area contributed by atoms with E-state index >= 15 is 0 Å². The molecule has 0 aliphatic carbocycles. The van der Waals surface area contributed by atoms with Gasteiger partial charge in [-0.2, -0.15) is 4.58 Å². The van der Waals surface area contributed by atoms with Crippen LogP contribution in [-0.4, -0.2) is 35.6 Å². The second-order valence-corrected chi connectivity index (χ2v) is 7.88. The monoisotopic (exact) mass is 309 g/mol. The van der Waals surface area contributed by atoms with Crippen LogP contribution in [0.15, 0.2) is 18.2 Å². The van der Waals surface area contributed by atoms with E-state index in [9.17, 15) is 13.0 Å². The summed E-state index contributed by atoms with van der Waals surface area (Å²) < 4.78 is 34.2. The first kappa shape index (κ1) is 16.2. The highest BCUT2D eigenvalue weighted by Crippen LogP contribution is 2.39. The van der Waals surface area contributed by atoms with Crippen molar-refractivity contribution in [3.8, 4) is 0 Å². The van der Waals surface area contributed by atoms with Crippen LogP contribution in [0.4, 0.5) is 5.69 Å². The fourth-order valence-electron chi connectivity index (χ4n) is 2.94. The zero-order chi connectivity index (χ0) is 15.8. The maximum atomic E-state index is 10.7. The minimum Gasteiger partial charge on any atom is -0.748 e. The first-order valence-corrected chi connectivity index (χ1v) is 8.87. The van der Waals surface area contributed by atoms with Gasteiger partial charge in [0.2, 0.25) is 5.69 Å². The van der Waals surface area contributed by atoms with E-state index in [1.807, 2.05) is 0 Å². The lowest BCUT2D eigenvalue weighted by molar-refractivity contribution is -0.439. The van der Waals surface area contributed by atoms with E-state index in [-0.39, 0.29) is 11.2 Å². The average molecular weight is 309 g/mol. The molecule has 1 aliphatic rings. The van der Waals surface area contributed by atoms with E-state index < -0.39 is 10.1 Å². The largest absolute Gasteiger partial charge is 0.748 e. The lowest BCUT2D eigenvalue weighted by Crippen LogP contribution is -2.26. The number of unbranched alkanes of at least 4 members (excludes halogenated alkanes) is 1. The van der Waals surface area contributed by atoms with Crippen LogP contribution in [0.1, 0.15) is 44.7 Å². The quantitative estimate of drug-likeness (QED) is 0.477. The van der Waals surface area contributed by atoms with Crippen LogP contribution in [0.3, 0.4) is 0 Å². The summed E-state index contributed by atoms with van der Waals surface area (Å²) in [4.78, 5) is 0. The van der Waals surface area contributed by atoms with Crippen molar-refractivity contribution < 1.29 is 17.5 Å². The molecule has 0 radical (unpaired) electrons. The van der Waals surface area contributed by atoms with E-state index in [2.05, 4.69) is 50.5 Å². The number of hydrogen-bond donors (Lipinski definition) is 0. The molecule has 0 aromatic heterocycles. The maximum Gasteiger partial charge on any atom is 0.209 e. The minimum atomic E-state index is -4.10. The molecule has 0 saturated heterocycles. The molecule has 0 fully saturated rings. The Morgan fingerprint density at radius 1 is 1.19 bits per heavy atom. The first-order chi connectivity index (χ1) is 9.63. The third-order valence-electron chi connectivity index (χ3n) is 4.45. The van der Waals surface area contributed by atoms with Crippen LogP contribution in [-0.2, 0) is 15.5 Å². The van der Waals surface area contributed by atoms with Gasteiger partial charge < -0.3 is 4.55 Å². The molecular weight excluding hydrogens is 286 g/mol. The fourth-order valence-corrected chi connectivity index (χ4v) is 3.49. The van der Waals surface area contributed by atoms with Crippen LogP contribution < -0.4 is 0 Å². The zero-order valence-corrected chi connectivity index (χ0v) is 14.0. The first-order valence-electron chi connectivity index (χ1n) is 7.29. The number of nitrogens with zero attached hydrogens (tertiary/aromatic N) is 1. The number of benzene rings is 1. The van der Waals surface area contributed by atoms with Gasteiger partial charge in [0.15, 0.2) is 5.71 Å². The summed E-state index contributed by atoms with van der Waals surface area (Å²) in [5.74, 6) is -0.274. The molecule has 1 aromatic carbocycles. The van der Waals surface area contributed by atoms with Gasteiger partial charge in [0.1, 0.15) is 6.54 Å². The summed E-state index contributed by atoms with van der Waals surface area (Å²) in [6, 6.07) is 6.46. The van der Waals surface area contributed by atoms with Gasteiger partial charge >= 0.3 is 0 Å². The van der Waals surface area contributed by atoms with E-state index in [1.165, 1.54) is 22.5 Å². The van der Waals surface area contributed by atoms with Crippen molar-refractivity contribution in [1.29, 1.82) is 0 Å². The molecule has 4 nitrogen and oxygen atoms in total. The van der Waals surface area contributed by atoms with Gasteiger partial charge in [0.25, 0.3) is 0 Å². The summed E-state index contributed by atoms with van der Waals surface area (Å²) in [7, 11) is -4.10. The highest BCUT2D eigenvalue weighted by atomic mass is 32.2. The van der Waals surface area contributed by atoms with Crippen molar-refractivity contribution in [3.63, 3.8) is 0 Å². The maximum absolute atomic E-state index is 10.7. The molecule has 116 valence electrons. The summed E-state index contributed by atoms with van der Waals surface area (Å²) in [5.41, 5.74) is 5.03. The Bertz CT molecular complexity index is 687. The summed E-state index contributed by atoms with van der Waals surface area (Å²) in [6.45, 7) is 9.39. The molecular formula is C16H23NO3S. The highest BCUT2D eigenvalue weighted by molar-refractivity contribution is 7.85. The number of aryl methyl sites for hydroxylation is 1. The van der Waals surface area contributed by atoms with Crippen molar-refractivity contribution in [2.75, 3.05) is 12.3 Å². The Morgan fingerprint density at radius 3 is 2.48 bits per heavy atom. The lowest BCUT2D eigenvalue weighted by atomic mass is 9.82. The van der Waals surface area contributed by atoms with E-state index in [4.69, 9.17) is 0 Å². The van der Waals surface area contributed by atoms with Gasteiger partial charge in [-0.15, -0.1) is 0 Å². The van der Waals surface area contributed by atoms with Gasteiger partial charge in [0.05, 0.1) is 15.5 Å². The van der Waals surface area contributed by atoms with Crippen LogP contribution in [0.25, 0.3) is 0 Å². The molecule has 5 heteroatoms. The lowest BCUT2D eigenvalue weighted by Gasteiger charge is -2.15. The molecule has 0 bridgehead atoms. The van der Waals surface area contributed by atoms with Crippen LogP contribution in [0, 0.1) is 6.92 Å². The smallest absolute Gasteiger partial charge is 0.209 e. The molecule has 1 heterocycles. The Labute approximate surface area is 127 Å². The Balaban J connectivity index is 2.18. The van der Waals surface area contributed by atoms with Crippen LogP contribution >= 0.6 is 0 Å². The summed E-state index contributed by atoms with van der Waals surface area (Å²) >= 11 is 0. The molecule has 0 spiro atoms. The van der Waals surface area contributed by atoms with Gasteiger partial charge in [-0.05, 0) is 33.3 Å². The summed E-state index contributed by atoms with van der Waals surface area (Å²) in [5, 5.41) is 0. The average Bonchev–Trinajstić information content (AvgIpc) is 2.54. The molecule has 0 unspecified atom stereocenters. The molecule has 0 N–H and O–H groups in total. The Hall–Kier alpha value is -1.20. The van der Waals surface area contributed by atoms with E-state index in [1.54, 1.807) is 0 Å². The second kappa shape index (κ2) is 5.54. The normalized spacial score (nSPS) is 17.2. The minimum absolute atomic E-state index is 0.00797. The Kier molecular flexibility index (Phi) is 4.26. The van der Waals surface area contributed by atoms with Gasteiger partial charge in [-0.1, -0.05) is 11.6 Å². The van der Waals surface area contributed by atoms with Crippen LogP contribution in [0.5, 0.6) is 0 Å². The zero-order valence-electron chi connectivity index (χ0n) is 13.1. The van der Waals surface area contributed by atoms with Gasteiger partial charge in [0, 0.05) is 30.7 Å². The molecule has 21 heavy (non-hydrogen) atoms. The molecule has 1 aromatic rings. The number of hydrogen-bond acceptors (Lipinski definition) is 3. The SMILES string of the molecule is CC1=[N+](CCCCS(=O)(=O)[O-])c2ccc(C)cc2C1(C)C. The van der Waals surface area contributed by atoms with Crippen molar-refractivity contribution in [2.24, 2.45) is 0 Å². The second-order valence-electron chi connectivity index (χ2n) is 6.35.